The fourth-order valence-corrected chi connectivity index (χ4v) is 4.07. The topological polar surface area (TPSA) is 30.8 Å². The Morgan fingerprint density at radius 2 is 2.19 bits per heavy atom. The van der Waals surface area contributed by atoms with Gasteiger partial charge in [-0.3, -0.25) is 0 Å². The van der Waals surface area contributed by atoms with Crippen molar-refractivity contribution in [2.24, 2.45) is 21.7 Å². The van der Waals surface area contributed by atoms with Gasteiger partial charge in [0.25, 0.3) is 0 Å². The summed E-state index contributed by atoms with van der Waals surface area (Å²) in [5.74, 6) is 0.667. The molecule has 0 saturated heterocycles. The predicted molar refractivity (Wildman–Crippen MR) is 62.3 cm³/mol. The molecule has 3 heteroatoms. The summed E-state index contributed by atoms with van der Waals surface area (Å²) in [6.45, 7) is 9.73. The van der Waals surface area contributed by atoms with Crippen LogP contribution in [0.2, 0.25) is 0 Å². The normalized spacial score (nSPS) is 47.5. The molecular formula is C13H21NO2. The molecule has 2 bridgehead atoms. The molecule has 0 unspecified atom stereocenters. The minimum atomic E-state index is 0.253. The van der Waals surface area contributed by atoms with Crippen LogP contribution in [0.25, 0.3) is 0 Å². The maximum absolute atomic E-state index is 5.93. The lowest BCUT2D eigenvalue weighted by molar-refractivity contribution is 0.00917. The zero-order valence-electron chi connectivity index (χ0n) is 10.6. The first-order chi connectivity index (χ1) is 7.50. The molecule has 1 heterocycles. The Bertz CT molecular complexity index is 350. The molecule has 4 atom stereocenters. The van der Waals surface area contributed by atoms with E-state index < -0.39 is 0 Å². The summed E-state index contributed by atoms with van der Waals surface area (Å²) in [5, 5.41) is 0. The van der Waals surface area contributed by atoms with Gasteiger partial charge in [-0.2, -0.15) is 0 Å². The van der Waals surface area contributed by atoms with E-state index in [0.29, 0.717) is 30.1 Å². The van der Waals surface area contributed by atoms with Gasteiger partial charge in [0.15, 0.2) is 0 Å². The summed E-state index contributed by atoms with van der Waals surface area (Å²) in [7, 11) is 0. The van der Waals surface area contributed by atoms with Gasteiger partial charge in [0, 0.05) is 5.41 Å². The fraction of sp³-hybridized carbons (Fsp3) is 0.923. The van der Waals surface area contributed by atoms with E-state index in [-0.39, 0.29) is 11.5 Å². The van der Waals surface area contributed by atoms with Crippen molar-refractivity contribution in [3.8, 4) is 0 Å². The second-order valence-corrected chi connectivity index (χ2v) is 6.14. The van der Waals surface area contributed by atoms with E-state index in [4.69, 9.17) is 9.47 Å². The molecule has 0 spiro atoms. The monoisotopic (exact) mass is 223 g/mol. The largest absolute Gasteiger partial charge is 0.451 e. The highest BCUT2D eigenvalue weighted by Crippen LogP contribution is 2.67. The molecule has 2 fully saturated rings. The number of ether oxygens (including phenoxy) is 2. The number of aliphatic imine (C=N–C) groups is 1. The minimum absolute atomic E-state index is 0.253. The van der Waals surface area contributed by atoms with E-state index in [0.717, 1.165) is 0 Å². The molecule has 0 radical (unpaired) electrons. The number of hydrogen-bond acceptors (Lipinski definition) is 3. The molecule has 2 saturated carbocycles. The predicted octanol–water partition coefficient (Wildman–Crippen LogP) is 2.60. The highest BCUT2D eigenvalue weighted by molar-refractivity contribution is 5.70. The van der Waals surface area contributed by atoms with Crippen LogP contribution in [-0.2, 0) is 9.47 Å². The molecule has 0 N–H and O–H groups in total. The van der Waals surface area contributed by atoms with Gasteiger partial charge in [0.05, 0.1) is 12.6 Å². The number of nitrogens with zero attached hydrogens (tertiary/aromatic N) is 1. The Balaban J connectivity index is 1.92. The van der Waals surface area contributed by atoms with Crippen LogP contribution < -0.4 is 0 Å². The van der Waals surface area contributed by atoms with Gasteiger partial charge in [-0.1, -0.05) is 20.8 Å². The molecule has 1 aliphatic heterocycles. The zero-order valence-corrected chi connectivity index (χ0v) is 10.6. The highest BCUT2D eigenvalue weighted by atomic mass is 16.7. The summed E-state index contributed by atoms with van der Waals surface area (Å²) < 4.78 is 11.3. The van der Waals surface area contributed by atoms with Crippen molar-refractivity contribution in [3.05, 3.63) is 0 Å². The SMILES string of the molecule is CCOC1=N[C@@H]2[C@H]3CC[C@@](C)([C@@H]2O1)C3(C)C. The molecule has 3 nitrogen and oxygen atoms in total. The highest BCUT2D eigenvalue weighted by Gasteiger charge is 2.69. The molecule has 0 amide bonds. The Hall–Kier alpha value is -0.730. The lowest BCUT2D eigenvalue weighted by Crippen LogP contribution is -2.39. The van der Waals surface area contributed by atoms with Gasteiger partial charge < -0.3 is 9.47 Å². The Labute approximate surface area is 97.2 Å². The van der Waals surface area contributed by atoms with Gasteiger partial charge in [-0.05, 0) is 31.1 Å². The molecular weight excluding hydrogens is 202 g/mol. The standard InChI is InChI=1S/C13H21NO2/c1-5-15-11-14-9-8-6-7-13(4,10(9)16-11)12(8,2)3/h8-10H,5-7H2,1-4H3/t8-,9-,10-,13+/m1/s1. The van der Waals surface area contributed by atoms with Gasteiger partial charge >= 0.3 is 6.08 Å². The third kappa shape index (κ3) is 0.975. The molecule has 0 aromatic carbocycles. The fourth-order valence-electron chi connectivity index (χ4n) is 4.07. The van der Waals surface area contributed by atoms with Crippen LogP contribution in [0, 0.1) is 16.7 Å². The van der Waals surface area contributed by atoms with Crippen molar-refractivity contribution >= 4 is 6.08 Å². The summed E-state index contributed by atoms with van der Waals surface area (Å²) >= 11 is 0. The summed E-state index contributed by atoms with van der Waals surface area (Å²) in [6.07, 6.45) is 3.34. The Morgan fingerprint density at radius 1 is 1.44 bits per heavy atom. The Kier molecular flexibility index (Phi) is 1.91. The van der Waals surface area contributed by atoms with Crippen molar-refractivity contribution in [2.75, 3.05) is 6.61 Å². The summed E-state index contributed by atoms with van der Waals surface area (Å²) in [6, 6.07) is 0.343. The zero-order chi connectivity index (χ0) is 11.6. The van der Waals surface area contributed by atoms with E-state index in [1.807, 2.05) is 6.92 Å². The maximum atomic E-state index is 5.93. The molecule has 90 valence electrons. The third-order valence-electron chi connectivity index (χ3n) is 5.47. The number of rotatable bonds is 1. The van der Waals surface area contributed by atoms with E-state index in [2.05, 4.69) is 25.8 Å². The quantitative estimate of drug-likeness (QED) is 0.684. The van der Waals surface area contributed by atoms with Crippen LogP contribution in [0.3, 0.4) is 0 Å². The average Bonchev–Trinajstić information content (AvgIpc) is 2.75. The lowest BCUT2D eigenvalue weighted by atomic mass is 9.70. The summed E-state index contributed by atoms with van der Waals surface area (Å²) in [5.41, 5.74) is 0.619. The third-order valence-corrected chi connectivity index (χ3v) is 5.47. The van der Waals surface area contributed by atoms with Crippen LogP contribution >= 0.6 is 0 Å². The Morgan fingerprint density at radius 3 is 2.81 bits per heavy atom. The van der Waals surface area contributed by atoms with Crippen LogP contribution in [0.5, 0.6) is 0 Å². The van der Waals surface area contributed by atoms with Crippen molar-refractivity contribution in [3.63, 3.8) is 0 Å². The van der Waals surface area contributed by atoms with E-state index in [1.54, 1.807) is 0 Å². The molecule has 2 aliphatic carbocycles. The van der Waals surface area contributed by atoms with Gasteiger partial charge in [0.1, 0.15) is 6.10 Å². The van der Waals surface area contributed by atoms with Crippen LogP contribution in [0.15, 0.2) is 4.99 Å². The maximum Gasteiger partial charge on any atom is 0.384 e. The first-order valence-corrected chi connectivity index (χ1v) is 6.38. The van der Waals surface area contributed by atoms with Gasteiger partial charge in [0.2, 0.25) is 0 Å². The van der Waals surface area contributed by atoms with Gasteiger partial charge in [-0.25, -0.2) is 4.99 Å². The van der Waals surface area contributed by atoms with E-state index >= 15 is 0 Å². The second-order valence-electron chi connectivity index (χ2n) is 6.14. The molecule has 0 aromatic rings. The average molecular weight is 223 g/mol. The number of fused-ring (bicyclic) bond motifs is 5. The van der Waals surface area contributed by atoms with Crippen molar-refractivity contribution < 1.29 is 9.47 Å². The molecule has 3 rings (SSSR count). The smallest absolute Gasteiger partial charge is 0.384 e. The number of hydrogen-bond donors (Lipinski definition) is 0. The van der Waals surface area contributed by atoms with Crippen LogP contribution in [0.4, 0.5) is 0 Å². The molecule has 0 aromatic heterocycles. The molecule has 16 heavy (non-hydrogen) atoms. The van der Waals surface area contributed by atoms with Crippen molar-refractivity contribution in [2.45, 2.75) is 52.7 Å². The first-order valence-electron chi connectivity index (χ1n) is 6.38. The molecule has 3 aliphatic rings. The van der Waals surface area contributed by atoms with Crippen molar-refractivity contribution in [1.29, 1.82) is 0 Å². The lowest BCUT2D eigenvalue weighted by Gasteiger charge is -2.37. The van der Waals surface area contributed by atoms with Gasteiger partial charge in [-0.15, -0.1) is 0 Å². The van der Waals surface area contributed by atoms with Crippen LogP contribution in [0.1, 0.15) is 40.5 Å². The van der Waals surface area contributed by atoms with Crippen LogP contribution in [-0.4, -0.2) is 24.8 Å². The second kappa shape index (κ2) is 2.93. The minimum Gasteiger partial charge on any atom is -0.451 e. The van der Waals surface area contributed by atoms with Crippen molar-refractivity contribution in [1.82, 2.24) is 0 Å². The van der Waals surface area contributed by atoms with E-state index in [1.165, 1.54) is 12.8 Å². The summed E-state index contributed by atoms with van der Waals surface area (Å²) in [4.78, 5) is 4.64. The first kappa shape index (κ1) is 10.4. The van der Waals surface area contributed by atoms with E-state index in [9.17, 15) is 0 Å².